The van der Waals surface area contributed by atoms with Crippen molar-refractivity contribution in [3.63, 3.8) is 0 Å². The minimum Gasteiger partial charge on any atom is -0.296 e. The second-order valence-electron chi connectivity index (χ2n) is 3.51. The maximum Gasteiger partial charge on any atom is 0.294 e. The standard InChI is InChI=1S/C9H14N4OS2/c10-12-8(14)9-11-7(6-16-9)5-13-1-3-15-4-2-13/h6H,1-5,10H2,(H,12,14). The van der Waals surface area contributed by atoms with Crippen molar-refractivity contribution < 1.29 is 4.79 Å². The molecule has 1 saturated heterocycles. The predicted molar refractivity (Wildman–Crippen MR) is 66.4 cm³/mol. The third-order valence-corrected chi connectivity index (χ3v) is 4.20. The summed E-state index contributed by atoms with van der Waals surface area (Å²) in [7, 11) is 0. The zero-order valence-corrected chi connectivity index (χ0v) is 10.4. The number of hydrazine groups is 1. The average Bonchev–Trinajstić information content (AvgIpc) is 2.78. The van der Waals surface area contributed by atoms with E-state index in [9.17, 15) is 4.79 Å². The molecule has 0 aromatic carbocycles. The molecule has 0 unspecified atom stereocenters. The fourth-order valence-electron chi connectivity index (χ4n) is 1.53. The molecule has 1 amide bonds. The van der Waals surface area contributed by atoms with E-state index in [4.69, 9.17) is 5.84 Å². The highest BCUT2D eigenvalue weighted by atomic mass is 32.2. The first-order chi connectivity index (χ1) is 7.79. The zero-order chi connectivity index (χ0) is 11.4. The highest BCUT2D eigenvalue weighted by Crippen LogP contribution is 2.15. The Bertz CT molecular complexity index is 362. The molecule has 1 fully saturated rings. The van der Waals surface area contributed by atoms with Crippen LogP contribution in [-0.2, 0) is 6.54 Å². The lowest BCUT2D eigenvalue weighted by molar-refractivity contribution is 0.0953. The number of nitrogen functional groups attached to an aromatic ring is 1. The number of hydrogen-bond acceptors (Lipinski definition) is 6. The molecule has 2 rings (SSSR count). The van der Waals surface area contributed by atoms with E-state index in [1.165, 1.54) is 22.8 Å². The average molecular weight is 258 g/mol. The Balaban J connectivity index is 1.94. The number of hydrogen-bond donors (Lipinski definition) is 2. The van der Waals surface area contributed by atoms with Gasteiger partial charge in [-0.2, -0.15) is 11.8 Å². The number of thioether (sulfide) groups is 1. The number of rotatable bonds is 3. The molecule has 2 heterocycles. The topological polar surface area (TPSA) is 71.2 Å². The lowest BCUT2D eigenvalue weighted by Crippen LogP contribution is -2.32. The number of carbonyl (C=O) groups is 1. The molecule has 0 radical (unpaired) electrons. The molecular formula is C9H14N4OS2. The van der Waals surface area contributed by atoms with Crippen LogP contribution in [0.2, 0.25) is 0 Å². The minimum absolute atomic E-state index is 0.314. The zero-order valence-electron chi connectivity index (χ0n) is 8.81. The second-order valence-corrected chi connectivity index (χ2v) is 5.59. The summed E-state index contributed by atoms with van der Waals surface area (Å²) in [5, 5.41) is 2.36. The molecule has 16 heavy (non-hydrogen) atoms. The molecular weight excluding hydrogens is 244 g/mol. The Morgan fingerprint density at radius 3 is 3.00 bits per heavy atom. The quantitative estimate of drug-likeness (QED) is 0.463. The van der Waals surface area contributed by atoms with Crippen molar-refractivity contribution in [1.82, 2.24) is 15.3 Å². The van der Waals surface area contributed by atoms with Crippen molar-refractivity contribution in [2.75, 3.05) is 24.6 Å². The Kier molecular flexibility index (Phi) is 4.16. The lowest BCUT2D eigenvalue weighted by atomic mass is 10.4. The van der Waals surface area contributed by atoms with E-state index in [2.05, 4.69) is 15.3 Å². The molecule has 1 aromatic heterocycles. The summed E-state index contributed by atoms with van der Waals surface area (Å²) in [5.74, 6) is 7.10. The minimum atomic E-state index is -0.314. The molecule has 1 aromatic rings. The molecule has 1 aliphatic rings. The van der Waals surface area contributed by atoms with Crippen LogP contribution in [0.25, 0.3) is 0 Å². The van der Waals surface area contributed by atoms with E-state index in [1.807, 2.05) is 17.1 Å². The van der Waals surface area contributed by atoms with Gasteiger partial charge in [0.05, 0.1) is 5.69 Å². The molecule has 0 atom stereocenters. The largest absolute Gasteiger partial charge is 0.296 e. The van der Waals surface area contributed by atoms with Gasteiger partial charge in [0.25, 0.3) is 5.91 Å². The van der Waals surface area contributed by atoms with Gasteiger partial charge in [0.2, 0.25) is 0 Å². The van der Waals surface area contributed by atoms with Gasteiger partial charge in [0, 0.05) is 36.5 Å². The van der Waals surface area contributed by atoms with Gasteiger partial charge in [-0.3, -0.25) is 15.1 Å². The van der Waals surface area contributed by atoms with Crippen LogP contribution in [0, 0.1) is 0 Å². The lowest BCUT2D eigenvalue weighted by Gasteiger charge is -2.25. The Morgan fingerprint density at radius 2 is 2.31 bits per heavy atom. The van der Waals surface area contributed by atoms with Crippen molar-refractivity contribution in [3.8, 4) is 0 Å². The molecule has 1 aliphatic heterocycles. The van der Waals surface area contributed by atoms with Gasteiger partial charge in [-0.1, -0.05) is 0 Å². The van der Waals surface area contributed by atoms with Crippen molar-refractivity contribution in [2.45, 2.75) is 6.54 Å². The van der Waals surface area contributed by atoms with Crippen molar-refractivity contribution >= 4 is 29.0 Å². The van der Waals surface area contributed by atoms with Gasteiger partial charge in [-0.05, 0) is 0 Å². The first kappa shape index (κ1) is 11.8. The molecule has 0 spiro atoms. The number of carbonyl (C=O) groups excluding carboxylic acids is 1. The normalized spacial score (nSPS) is 17.3. The maximum atomic E-state index is 11.2. The smallest absolute Gasteiger partial charge is 0.294 e. The summed E-state index contributed by atoms with van der Waals surface area (Å²) < 4.78 is 0. The Morgan fingerprint density at radius 1 is 1.56 bits per heavy atom. The van der Waals surface area contributed by atoms with E-state index in [1.54, 1.807) is 0 Å². The van der Waals surface area contributed by atoms with Gasteiger partial charge in [0.15, 0.2) is 5.01 Å². The summed E-state index contributed by atoms with van der Waals surface area (Å²) in [4.78, 5) is 17.8. The third-order valence-electron chi connectivity index (χ3n) is 2.37. The van der Waals surface area contributed by atoms with Gasteiger partial charge in [-0.15, -0.1) is 11.3 Å². The first-order valence-corrected chi connectivity index (χ1v) is 7.08. The summed E-state index contributed by atoms with van der Waals surface area (Å²) in [6.45, 7) is 3.02. The number of aromatic nitrogens is 1. The van der Waals surface area contributed by atoms with Gasteiger partial charge < -0.3 is 0 Å². The monoisotopic (exact) mass is 258 g/mol. The highest BCUT2D eigenvalue weighted by Gasteiger charge is 2.14. The number of nitrogens with one attached hydrogen (secondary N) is 1. The van der Waals surface area contributed by atoms with Crippen LogP contribution in [0.5, 0.6) is 0 Å². The third kappa shape index (κ3) is 2.94. The fourth-order valence-corrected chi connectivity index (χ4v) is 3.22. The molecule has 7 heteroatoms. The molecule has 0 aliphatic carbocycles. The van der Waals surface area contributed by atoms with Gasteiger partial charge >= 0.3 is 0 Å². The molecule has 0 bridgehead atoms. The fraction of sp³-hybridized carbons (Fsp3) is 0.556. The van der Waals surface area contributed by atoms with Crippen LogP contribution in [0.4, 0.5) is 0 Å². The highest BCUT2D eigenvalue weighted by molar-refractivity contribution is 7.99. The number of thiazole rings is 1. The molecule has 3 N–H and O–H groups in total. The van der Waals surface area contributed by atoms with Crippen LogP contribution >= 0.6 is 23.1 Å². The van der Waals surface area contributed by atoms with E-state index in [0.29, 0.717) is 5.01 Å². The van der Waals surface area contributed by atoms with Crippen LogP contribution in [0.3, 0.4) is 0 Å². The van der Waals surface area contributed by atoms with E-state index >= 15 is 0 Å². The predicted octanol–water partition coefficient (Wildman–Crippen LogP) is 0.295. The van der Waals surface area contributed by atoms with E-state index in [0.717, 1.165) is 25.3 Å². The van der Waals surface area contributed by atoms with Gasteiger partial charge in [0.1, 0.15) is 0 Å². The molecule has 0 saturated carbocycles. The first-order valence-electron chi connectivity index (χ1n) is 5.05. The van der Waals surface area contributed by atoms with Crippen molar-refractivity contribution in [3.05, 3.63) is 16.1 Å². The van der Waals surface area contributed by atoms with Gasteiger partial charge in [-0.25, -0.2) is 10.8 Å². The summed E-state index contributed by atoms with van der Waals surface area (Å²) in [5.41, 5.74) is 3.04. The van der Waals surface area contributed by atoms with E-state index < -0.39 is 0 Å². The maximum absolute atomic E-state index is 11.2. The number of nitrogens with zero attached hydrogens (tertiary/aromatic N) is 2. The van der Waals surface area contributed by atoms with Crippen LogP contribution in [0.15, 0.2) is 5.38 Å². The summed E-state index contributed by atoms with van der Waals surface area (Å²) in [6.07, 6.45) is 0. The van der Waals surface area contributed by atoms with Crippen LogP contribution in [0.1, 0.15) is 15.5 Å². The molecule has 5 nitrogen and oxygen atoms in total. The Labute approximate surface area is 102 Å². The molecule has 88 valence electrons. The van der Waals surface area contributed by atoms with Crippen molar-refractivity contribution in [2.24, 2.45) is 5.84 Å². The van der Waals surface area contributed by atoms with Crippen LogP contribution in [-0.4, -0.2) is 40.4 Å². The Hall–Kier alpha value is -0.630. The number of nitrogens with two attached hydrogens (primary N) is 1. The number of amides is 1. The van der Waals surface area contributed by atoms with E-state index in [-0.39, 0.29) is 5.91 Å². The van der Waals surface area contributed by atoms with Crippen LogP contribution < -0.4 is 11.3 Å². The SMILES string of the molecule is NNC(=O)c1nc(CN2CCSCC2)cs1. The van der Waals surface area contributed by atoms with Crippen molar-refractivity contribution in [1.29, 1.82) is 0 Å². The summed E-state index contributed by atoms with van der Waals surface area (Å²) >= 11 is 3.32. The summed E-state index contributed by atoms with van der Waals surface area (Å²) in [6, 6.07) is 0. The second kappa shape index (κ2) is 5.62.